The van der Waals surface area contributed by atoms with Crippen LogP contribution in [0.15, 0.2) is 114 Å². The summed E-state index contributed by atoms with van der Waals surface area (Å²) in [7, 11) is -7.54. The summed E-state index contributed by atoms with van der Waals surface area (Å²) in [6, 6.07) is 32.0. The molecule has 4 nitrogen and oxygen atoms in total. The maximum atomic E-state index is 12.8. The Morgan fingerprint density at radius 2 is 1.05 bits per heavy atom. The summed E-state index contributed by atoms with van der Waals surface area (Å²) in [5.41, 5.74) is 13.8. The molecule has 2 atom stereocenters. The fourth-order valence-electron chi connectivity index (χ4n) is 3.68. The van der Waals surface area contributed by atoms with E-state index in [0.717, 1.165) is 11.1 Å². The van der Waals surface area contributed by atoms with Crippen LogP contribution in [0.3, 0.4) is 0 Å². The van der Waals surface area contributed by atoms with E-state index < -0.39 is 29.7 Å². The summed E-state index contributed by atoms with van der Waals surface area (Å²) in [5, 5.41) is 0. The van der Waals surface area contributed by atoms with Gasteiger partial charge in [-0.25, -0.2) is 8.42 Å². The molecular formula is C31H34BF4N2O2RuS. The SMILES string of the molecule is Cc1ccc(C(C)C)cc1.Cc1ccc(S(=O)(=O)[N-][C@@H](c2ccccc2)[C@@H]([NH-])c2ccccc2)cc1.FB(F)F.[F-].[Ru+3]. The maximum absolute atomic E-state index is 12.8. The molecule has 0 spiro atoms. The van der Waals surface area contributed by atoms with Gasteiger partial charge < -0.3 is 15.2 Å². The van der Waals surface area contributed by atoms with Crippen molar-refractivity contribution in [2.45, 2.75) is 50.6 Å². The first-order chi connectivity index (χ1) is 18.9. The molecule has 4 rings (SSSR count). The molecule has 4 aromatic carbocycles. The van der Waals surface area contributed by atoms with E-state index in [9.17, 15) is 21.4 Å². The smallest absolute Gasteiger partial charge is 1.00 e. The molecule has 0 aliphatic carbocycles. The Labute approximate surface area is 260 Å². The van der Waals surface area contributed by atoms with Crippen molar-refractivity contribution in [2.24, 2.45) is 0 Å². The Morgan fingerprint density at radius 1 is 0.667 bits per heavy atom. The molecule has 225 valence electrons. The summed E-state index contributed by atoms with van der Waals surface area (Å²) < 4.78 is 58.8. The van der Waals surface area contributed by atoms with Crippen LogP contribution < -0.4 is 4.70 Å². The van der Waals surface area contributed by atoms with Crippen LogP contribution >= 0.6 is 0 Å². The Bertz CT molecular complexity index is 1380. The quantitative estimate of drug-likeness (QED) is 0.163. The number of hydrogen-bond acceptors (Lipinski definition) is 2. The molecule has 1 radical (unpaired) electrons. The van der Waals surface area contributed by atoms with Gasteiger partial charge in [0.25, 0.3) is 0 Å². The largest absolute Gasteiger partial charge is 3.00 e. The first-order valence-electron chi connectivity index (χ1n) is 12.7. The van der Waals surface area contributed by atoms with E-state index >= 15 is 0 Å². The fourth-order valence-corrected chi connectivity index (χ4v) is 4.82. The zero-order valence-electron chi connectivity index (χ0n) is 23.7. The molecule has 4 aromatic rings. The normalized spacial score (nSPS) is 11.7. The number of rotatable bonds is 7. The van der Waals surface area contributed by atoms with Crippen LogP contribution in [0.2, 0.25) is 0 Å². The second-order valence-corrected chi connectivity index (χ2v) is 11.1. The number of nitrogens with zero attached hydrogens (tertiary/aromatic N) is 1. The van der Waals surface area contributed by atoms with Crippen molar-refractivity contribution in [1.29, 1.82) is 0 Å². The molecule has 0 bridgehead atoms. The second-order valence-electron chi connectivity index (χ2n) is 9.45. The van der Waals surface area contributed by atoms with Crippen LogP contribution in [0.4, 0.5) is 12.9 Å². The van der Waals surface area contributed by atoms with Crippen molar-refractivity contribution in [2.75, 3.05) is 0 Å². The van der Waals surface area contributed by atoms with Crippen LogP contribution in [-0.2, 0) is 29.5 Å². The van der Waals surface area contributed by atoms with Crippen molar-refractivity contribution >= 4 is 17.6 Å². The number of aryl methyl sites for hydroxylation is 2. The Kier molecular flexibility index (Phi) is 18.1. The summed E-state index contributed by atoms with van der Waals surface area (Å²) in [6.45, 7) is 8.44. The molecule has 11 heteroatoms. The average Bonchev–Trinajstić information content (AvgIpc) is 2.93. The first-order valence-corrected chi connectivity index (χ1v) is 14.2. The molecule has 0 unspecified atom stereocenters. The molecule has 0 saturated heterocycles. The molecule has 42 heavy (non-hydrogen) atoms. The molecule has 0 heterocycles. The monoisotopic (exact) mass is 687 g/mol. The maximum Gasteiger partial charge on any atom is 3.00 e. The van der Waals surface area contributed by atoms with E-state index in [-0.39, 0.29) is 29.1 Å². The molecular weight excluding hydrogens is 652 g/mol. The van der Waals surface area contributed by atoms with Gasteiger partial charge in [-0.3, -0.25) is 12.9 Å². The minimum Gasteiger partial charge on any atom is -1.00 e. The third kappa shape index (κ3) is 13.4. The van der Waals surface area contributed by atoms with Gasteiger partial charge in [0.1, 0.15) is 10.0 Å². The minimum absolute atomic E-state index is 0. The number of hydrogen-bond donors (Lipinski definition) is 0. The molecule has 0 aromatic heterocycles. The van der Waals surface area contributed by atoms with Gasteiger partial charge in [-0.05, 0) is 37.5 Å². The van der Waals surface area contributed by atoms with Gasteiger partial charge in [0.05, 0.1) is 0 Å². The summed E-state index contributed by atoms with van der Waals surface area (Å²) in [5.74, 6) is 0.653. The van der Waals surface area contributed by atoms with Gasteiger partial charge in [-0.1, -0.05) is 133 Å². The third-order valence-electron chi connectivity index (χ3n) is 5.93. The second kappa shape index (κ2) is 19.4. The molecule has 0 aliphatic heterocycles. The Hall–Kier alpha value is -2.84. The topological polar surface area (TPSA) is 72.0 Å². The van der Waals surface area contributed by atoms with Gasteiger partial charge in [-0.2, -0.15) is 0 Å². The van der Waals surface area contributed by atoms with E-state index in [2.05, 4.69) is 49.8 Å². The Morgan fingerprint density at radius 3 is 1.45 bits per heavy atom. The number of nitrogens with one attached hydrogen (secondary N) is 1. The van der Waals surface area contributed by atoms with Gasteiger partial charge in [0.15, 0.2) is 0 Å². The zero-order chi connectivity index (χ0) is 29.7. The van der Waals surface area contributed by atoms with Crippen molar-refractivity contribution in [3.05, 3.63) is 147 Å². The Balaban J connectivity index is 0.000000878. The van der Waals surface area contributed by atoms with Crippen molar-refractivity contribution in [1.82, 2.24) is 0 Å². The summed E-state index contributed by atoms with van der Waals surface area (Å²) >= 11 is 0. The molecule has 0 amide bonds. The van der Waals surface area contributed by atoms with Crippen molar-refractivity contribution in [3.63, 3.8) is 0 Å². The zero-order valence-corrected chi connectivity index (χ0v) is 26.3. The van der Waals surface area contributed by atoms with E-state index in [0.29, 0.717) is 11.5 Å². The number of halogens is 4. The molecule has 0 aliphatic rings. The van der Waals surface area contributed by atoms with Crippen LogP contribution in [0.1, 0.15) is 59.7 Å². The van der Waals surface area contributed by atoms with Gasteiger partial charge in [0, 0.05) is 4.90 Å². The van der Waals surface area contributed by atoms with E-state index in [4.69, 9.17) is 5.73 Å². The summed E-state index contributed by atoms with van der Waals surface area (Å²) in [4.78, 5) is 0.143. The number of benzene rings is 4. The van der Waals surface area contributed by atoms with E-state index in [1.54, 1.807) is 24.3 Å². The minimum atomic E-state index is -3.87. The van der Waals surface area contributed by atoms with Gasteiger partial charge >= 0.3 is 27.0 Å². The predicted octanol–water partition coefficient (Wildman–Crippen LogP) is 6.59. The average molecular weight is 687 g/mol. The van der Waals surface area contributed by atoms with E-state index in [1.165, 1.54) is 11.1 Å². The molecule has 1 N–H and O–H groups in total. The molecule has 0 saturated carbocycles. The van der Waals surface area contributed by atoms with Crippen LogP contribution in [0.5, 0.6) is 0 Å². The van der Waals surface area contributed by atoms with Crippen LogP contribution in [0.25, 0.3) is 10.5 Å². The first kappa shape index (κ1) is 39.2. The van der Waals surface area contributed by atoms with Gasteiger partial charge in [0.2, 0.25) is 0 Å². The fraction of sp³-hybridized carbons (Fsp3) is 0.226. The third-order valence-corrected chi connectivity index (χ3v) is 7.30. The van der Waals surface area contributed by atoms with Gasteiger partial charge in [-0.15, -0.1) is 12.1 Å². The van der Waals surface area contributed by atoms with Crippen molar-refractivity contribution < 1.29 is 45.5 Å². The standard InChI is InChI=1S/C21H20N2O2S.C10H14.BF3.FH.Ru/c1-16-12-14-19(15-13-16)26(24,25)23-21(18-10-6-3-7-11-18)20(22)17-8-4-2-5-9-17;1-8(2)10-6-4-9(3)5-7-10;2-1(3)4;;/h2-15,20-22H,1H3;4-8H,1-3H3;;1H;/q-2;;;;+3/p-1/t20-,21-;;;;/m0..../s1. The number of sulfonamides is 1. The molecule has 0 fully saturated rings. The van der Waals surface area contributed by atoms with Crippen LogP contribution in [0, 0.1) is 13.8 Å². The van der Waals surface area contributed by atoms with E-state index in [1.807, 2.05) is 67.6 Å². The van der Waals surface area contributed by atoms with Crippen molar-refractivity contribution in [3.8, 4) is 0 Å². The summed E-state index contributed by atoms with van der Waals surface area (Å²) in [6.07, 6.45) is 0. The van der Waals surface area contributed by atoms with Crippen LogP contribution in [-0.4, -0.2) is 16.0 Å². The predicted molar refractivity (Wildman–Crippen MR) is 159 cm³/mol.